The number of rotatable bonds is 2. The Bertz CT molecular complexity index is 1240. The number of aryl methyl sites for hydroxylation is 2. The Morgan fingerprint density at radius 1 is 0.714 bits per heavy atom. The monoisotopic (exact) mass is 630 g/mol. The zero-order valence-corrected chi connectivity index (χ0v) is 29.0. The predicted molar refractivity (Wildman–Crippen MR) is 185 cm³/mol. The van der Waals surface area contributed by atoms with Crippen LogP contribution in [0.15, 0.2) is 97.1 Å². The van der Waals surface area contributed by atoms with Gasteiger partial charge in [0.2, 0.25) is 0 Å². The molecule has 0 aliphatic heterocycles. The predicted octanol–water partition coefficient (Wildman–Crippen LogP) is 11.0. The van der Waals surface area contributed by atoms with Gasteiger partial charge >= 0.3 is 24.8 Å². The summed E-state index contributed by atoms with van der Waals surface area (Å²) in [7, 11) is 0. The molecule has 3 heteroatoms. The summed E-state index contributed by atoms with van der Waals surface area (Å²) >= 11 is 1.75. The summed E-state index contributed by atoms with van der Waals surface area (Å²) in [6, 6.07) is 36.6. The molecule has 0 unspecified atom stereocenters. The maximum atomic E-state index is 3.49. The number of hydrogen-bond donors (Lipinski definition) is 0. The Hall–Kier alpha value is -2.48. The number of allylic oxidation sites excluding steroid dienone is 4. The van der Waals surface area contributed by atoms with Crippen molar-refractivity contribution in [1.29, 1.82) is 0 Å². The van der Waals surface area contributed by atoms with Gasteiger partial charge in [-0.25, -0.2) is 12.2 Å². The van der Waals surface area contributed by atoms with Crippen molar-refractivity contribution in [3.05, 3.63) is 155 Å². The van der Waals surface area contributed by atoms with Crippen LogP contribution in [0.3, 0.4) is 0 Å². The molecule has 2 aliphatic carbocycles. The first-order valence-electron chi connectivity index (χ1n) is 14.0. The number of halogens is 2. The molecule has 222 valence electrons. The third-order valence-corrected chi connectivity index (χ3v) is 6.53. The van der Waals surface area contributed by atoms with E-state index in [1.807, 2.05) is 60.7 Å². The van der Waals surface area contributed by atoms with Crippen molar-refractivity contribution in [3.63, 3.8) is 0 Å². The molecule has 0 atom stereocenters. The summed E-state index contributed by atoms with van der Waals surface area (Å²) < 4.78 is 0. The summed E-state index contributed by atoms with van der Waals surface area (Å²) in [4.78, 5) is 3.25. The van der Waals surface area contributed by atoms with E-state index < -0.39 is 0 Å². The fraction of sp³-hybridized carbons (Fsp3) is 0.256. The molecule has 6 rings (SSSR count). The molecule has 4 aromatic carbocycles. The van der Waals surface area contributed by atoms with Crippen LogP contribution in [0.2, 0.25) is 0 Å². The van der Waals surface area contributed by atoms with Crippen LogP contribution in [0, 0.1) is 38.1 Å². The van der Waals surface area contributed by atoms with Crippen molar-refractivity contribution in [2.24, 2.45) is 0 Å². The first-order chi connectivity index (χ1) is 19.3. The van der Waals surface area contributed by atoms with E-state index in [0.717, 1.165) is 12.8 Å². The van der Waals surface area contributed by atoms with E-state index in [4.69, 9.17) is 0 Å². The summed E-state index contributed by atoms with van der Waals surface area (Å²) in [6.45, 7) is 13.1. The van der Waals surface area contributed by atoms with Crippen molar-refractivity contribution in [1.82, 2.24) is 0 Å². The third kappa shape index (κ3) is 13.7. The number of fused-ring (bicyclic) bond motifs is 3. The van der Waals surface area contributed by atoms with E-state index >= 15 is 0 Å². The van der Waals surface area contributed by atoms with E-state index in [-0.39, 0.29) is 24.8 Å². The average Bonchev–Trinajstić information content (AvgIpc) is 3.67. The molecule has 0 aromatic heterocycles. The minimum atomic E-state index is 0. The van der Waals surface area contributed by atoms with Crippen molar-refractivity contribution >= 4 is 29.6 Å². The molecule has 0 spiro atoms. The molecule has 42 heavy (non-hydrogen) atoms. The Morgan fingerprint density at radius 3 is 1.62 bits per heavy atom. The summed E-state index contributed by atoms with van der Waals surface area (Å²) in [5.41, 5.74) is 11.1. The van der Waals surface area contributed by atoms with Crippen LogP contribution in [-0.2, 0) is 26.4 Å². The normalized spacial score (nSPS) is 10.9. The summed E-state index contributed by atoms with van der Waals surface area (Å²) in [5.74, 6) is 1.16. The Kier molecular flexibility index (Phi) is 20.8. The minimum absolute atomic E-state index is 0. The van der Waals surface area contributed by atoms with Gasteiger partial charge in [-0.15, -0.1) is 36.8 Å². The molecule has 0 saturated carbocycles. The third-order valence-electron chi connectivity index (χ3n) is 6.53. The van der Waals surface area contributed by atoms with E-state index in [1.165, 1.54) is 44.5 Å². The molecule has 2 aliphatic rings. The first-order valence-corrected chi connectivity index (χ1v) is 15.1. The van der Waals surface area contributed by atoms with E-state index in [2.05, 4.69) is 107 Å². The van der Waals surface area contributed by atoms with Crippen LogP contribution in [-0.4, -0.2) is 4.82 Å². The second-order valence-electron chi connectivity index (χ2n) is 10.4. The van der Waals surface area contributed by atoms with Gasteiger partial charge < -0.3 is 0 Å². The molecule has 0 bridgehead atoms. The summed E-state index contributed by atoms with van der Waals surface area (Å²) in [5, 5.41) is 0. The Balaban J connectivity index is 0.000000604. The fourth-order valence-electron chi connectivity index (χ4n) is 4.09. The molecule has 0 saturated heterocycles. The second-order valence-corrected chi connectivity index (χ2v) is 10.4. The molecule has 0 nitrogen and oxygen atoms in total. The van der Waals surface area contributed by atoms with Crippen LogP contribution in [0.4, 0.5) is 0 Å². The van der Waals surface area contributed by atoms with E-state index in [1.54, 1.807) is 20.0 Å². The fourth-order valence-corrected chi connectivity index (χ4v) is 4.09. The van der Waals surface area contributed by atoms with Gasteiger partial charge in [-0.05, 0) is 17.9 Å². The van der Waals surface area contributed by atoms with Crippen LogP contribution in [0.5, 0.6) is 0 Å². The van der Waals surface area contributed by atoms with Crippen molar-refractivity contribution in [3.8, 4) is 11.1 Å². The van der Waals surface area contributed by atoms with Gasteiger partial charge in [0.1, 0.15) is 0 Å². The maximum absolute atomic E-state index is 3.49. The molecular weight excluding hydrogens is 587 g/mol. The molecule has 0 fully saturated rings. The van der Waals surface area contributed by atoms with Crippen LogP contribution < -0.4 is 0 Å². The quantitative estimate of drug-likeness (QED) is 0.134. The SMILES string of the molecule is CC(C)c1c[c-]c2c(c1)-c1cc(C(C)C)ccc1C2.Cc1cc[c-]cc1.Cc1cc[c-]cc1.Cl.Cl.[C-]1=CC=CC1.[CH2]=[Ti]. The van der Waals surface area contributed by atoms with Crippen LogP contribution in [0.25, 0.3) is 11.1 Å². The molecule has 0 heterocycles. The second kappa shape index (κ2) is 22.1. The number of hydrogen-bond acceptors (Lipinski definition) is 0. The molecule has 4 aromatic rings. The van der Waals surface area contributed by atoms with Gasteiger partial charge in [0.05, 0.1) is 0 Å². The molecule has 0 N–H and O–H groups in total. The van der Waals surface area contributed by atoms with Crippen molar-refractivity contribution < 1.29 is 20.0 Å². The summed E-state index contributed by atoms with van der Waals surface area (Å²) in [6.07, 6.45) is 11.0. The van der Waals surface area contributed by atoms with Gasteiger partial charge in [-0.3, -0.25) is 6.08 Å². The number of benzene rings is 4. The Labute approximate surface area is 280 Å². The van der Waals surface area contributed by atoms with Gasteiger partial charge in [0.15, 0.2) is 0 Å². The average molecular weight is 632 g/mol. The molecular formula is C39H44Cl2Ti-4. The topological polar surface area (TPSA) is 0 Å². The standard InChI is InChI=1S/C19H21.2C7H7.C5H5.CH2.2ClH.Ti/c1-12(2)14-5-7-16-9-17-8-6-15(13(3)4)11-19(17)18(16)10-14;2*1-7-5-3-2-4-6-7;1-2-4-5-3-1;;;;/h5-7,10-13H,9H2,1-4H3;2*3-6H,1H3;1-3H,4H2;1H2;2*1H;/q4*-1;;;;. The van der Waals surface area contributed by atoms with Crippen molar-refractivity contribution in [2.45, 2.75) is 66.2 Å². The van der Waals surface area contributed by atoms with Crippen LogP contribution in [0.1, 0.15) is 79.3 Å². The van der Waals surface area contributed by atoms with E-state index in [9.17, 15) is 0 Å². The zero-order valence-electron chi connectivity index (χ0n) is 25.8. The first kappa shape index (κ1) is 39.5. The van der Waals surface area contributed by atoms with Gasteiger partial charge in [0.25, 0.3) is 0 Å². The zero-order chi connectivity index (χ0) is 29.3. The van der Waals surface area contributed by atoms with Crippen molar-refractivity contribution in [2.75, 3.05) is 0 Å². The van der Waals surface area contributed by atoms with E-state index in [0.29, 0.717) is 11.8 Å². The Morgan fingerprint density at radius 2 is 1.24 bits per heavy atom. The van der Waals surface area contributed by atoms with Gasteiger partial charge in [-0.1, -0.05) is 76.8 Å². The van der Waals surface area contributed by atoms with Crippen LogP contribution >= 0.6 is 24.8 Å². The van der Waals surface area contributed by atoms with Gasteiger partial charge in [-0.2, -0.15) is 107 Å². The molecule has 0 radical (unpaired) electrons. The molecule has 0 amide bonds. The van der Waals surface area contributed by atoms with Gasteiger partial charge in [0, 0.05) is 0 Å².